The van der Waals surface area contributed by atoms with Gasteiger partial charge in [-0.05, 0) is 48.4 Å². The maximum Gasteiger partial charge on any atom is 0.276 e. The standard InChI is InChI=1S/C20H17FN4O2/c1-13(26)24-11-9-14-3-2-4-17(19(14)24)22-20(27)18-10-12-25(23-18)16-7-5-15(21)6-8-16/h2-8,10,12H,9,11H2,1H3,(H,22,27). The summed E-state index contributed by atoms with van der Waals surface area (Å²) >= 11 is 0. The van der Waals surface area contributed by atoms with Gasteiger partial charge in [0.2, 0.25) is 5.91 Å². The van der Waals surface area contributed by atoms with E-state index in [9.17, 15) is 14.0 Å². The highest BCUT2D eigenvalue weighted by Crippen LogP contribution is 2.35. The van der Waals surface area contributed by atoms with Crippen molar-refractivity contribution < 1.29 is 14.0 Å². The van der Waals surface area contributed by atoms with Crippen LogP contribution in [0.25, 0.3) is 5.69 Å². The maximum absolute atomic E-state index is 13.1. The molecule has 0 atom stereocenters. The molecule has 2 heterocycles. The van der Waals surface area contributed by atoms with Crippen LogP contribution in [0.2, 0.25) is 0 Å². The Morgan fingerprint density at radius 3 is 2.63 bits per heavy atom. The number of para-hydroxylation sites is 1. The van der Waals surface area contributed by atoms with Crippen molar-refractivity contribution in [2.24, 2.45) is 0 Å². The Balaban J connectivity index is 1.58. The number of benzene rings is 2. The van der Waals surface area contributed by atoms with Gasteiger partial charge in [-0.1, -0.05) is 12.1 Å². The van der Waals surface area contributed by atoms with Gasteiger partial charge in [0.05, 0.1) is 17.1 Å². The number of fused-ring (bicyclic) bond motifs is 1. The molecule has 0 unspecified atom stereocenters. The molecule has 6 nitrogen and oxygen atoms in total. The molecule has 2 aromatic carbocycles. The summed E-state index contributed by atoms with van der Waals surface area (Å²) in [7, 11) is 0. The largest absolute Gasteiger partial charge is 0.319 e. The molecule has 1 N–H and O–H groups in total. The van der Waals surface area contributed by atoms with E-state index in [-0.39, 0.29) is 23.3 Å². The summed E-state index contributed by atoms with van der Waals surface area (Å²) in [5, 5.41) is 7.10. The molecule has 0 radical (unpaired) electrons. The molecular formula is C20H17FN4O2. The van der Waals surface area contributed by atoms with Crippen LogP contribution in [0, 0.1) is 5.82 Å². The predicted molar refractivity (Wildman–Crippen MR) is 99.6 cm³/mol. The Morgan fingerprint density at radius 1 is 1.11 bits per heavy atom. The van der Waals surface area contributed by atoms with Crippen LogP contribution in [0.15, 0.2) is 54.7 Å². The number of carbonyl (C=O) groups is 2. The summed E-state index contributed by atoms with van der Waals surface area (Å²) in [4.78, 5) is 26.2. The Kier molecular flexibility index (Phi) is 4.19. The molecule has 1 aliphatic rings. The van der Waals surface area contributed by atoms with Gasteiger partial charge in [-0.3, -0.25) is 9.59 Å². The summed E-state index contributed by atoms with van der Waals surface area (Å²) in [6.07, 6.45) is 2.40. The Labute approximate surface area is 155 Å². The van der Waals surface area contributed by atoms with E-state index in [2.05, 4.69) is 10.4 Å². The molecule has 2 amide bonds. The van der Waals surface area contributed by atoms with Crippen molar-refractivity contribution in [2.75, 3.05) is 16.8 Å². The summed E-state index contributed by atoms with van der Waals surface area (Å²) in [6.45, 7) is 2.12. The topological polar surface area (TPSA) is 67.2 Å². The van der Waals surface area contributed by atoms with Crippen LogP contribution in [0.5, 0.6) is 0 Å². The van der Waals surface area contributed by atoms with Crippen LogP contribution in [0.3, 0.4) is 0 Å². The van der Waals surface area contributed by atoms with E-state index < -0.39 is 0 Å². The summed E-state index contributed by atoms with van der Waals surface area (Å²) in [5.41, 5.74) is 3.24. The number of aromatic nitrogens is 2. The number of hydrogen-bond donors (Lipinski definition) is 1. The first kappa shape index (κ1) is 17.0. The molecule has 0 saturated heterocycles. The number of nitrogens with zero attached hydrogens (tertiary/aromatic N) is 3. The average Bonchev–Trinajstić information content (AvgIpc) is 3.30. The SMILES string of the molecule is CC(=O)N1CCc2cccc(NC(=O)c3ccn(-c4ccc(F)cc4)n3)c21. The quantitative estimate of drug-likeness (QED) is 0.776. The highest BCUT2D eigenvalue weighted by Gasteiger charge is 2.26. The van der Waals surface area contributed by atoms with Crippen molar-refractivity contribution in [1.82, 2.24) is 9.78 Å². The van der Waals surface area contributed by atoms with E-state index >= 15 is 0 Å². The van der Waals surface area contributed by atoms with Crippen molar-refractivity contribution in [3.63, 3.8) is 0 Å². The lowest BCUT2D eigenvalue weighted by Crippen LogP contribution is -2.27. The van der Waals surface area contributed by atoms with E-state index in [1.165, 1.54) is 23.7 Å². The van der Waals surface area contributed by atoms with Crippen molar-refractivity contribution in [3.05, 3.63) is 71.8 Å². The van der Waals surface area contributed by atoms with Gasteiger partial charge >= 0.3 is 0 Å². The number of amides is 2. The van der Waals surface area contributed by atoms with Crippen molar-refractivity contribution in [2.45, 2.75) is 13.3 Å². The second-order valence-electron chi connectivity index (χ2n) is 6.31. The zero-order valence-electron chi connectivity index (χ0n) is 14.6. The smallest absolute Gasteiger partial charge is 0.276 e. The lowest BCUT2D eigenvalue weighted by Gasteiger charge is -2.18. The number of rotatable bonds is 3. The van der Waals surface area contributed by atoms with Crippen LogP contribution >= 0.6 is 0 Å². The van der Waals surface area contributed by atoms with Gasteiger partial charge in [0.25, 0.3) is 5.91 Å². The van der Waals surface area contributed by atoms with Gasteiger partial charge in [-0.25, -0.2) is 9.07 Å². The van der Waals surface area contributed by atoms with Gasteiger partial charge in [0, 0.05) is 19.7 Å². The zero-order chi connectivity index (χ0) is 19.0. The van der Waals surface area contributed by atoms with E-state index in [0.29, 0.717) is 17.9 Å². The minimum atomic E-state index is -0.375. The van der Waals surface area contributed by atoms with E-state index in [4.69, 9.17) is 0 Å². The Morgan fingerprint density at radius 2 is 1.89 bits per heavy atom. The van der Waals surface area contributed by atoms with Gasteiger partial charge in [-0.2, -0.15) is 5.10 Å². The van der Waals surface area contributed by atoms with E-state index in [1.54, 1.807) is 35.4 Å². The van der Waals surface area contributed by atoms with Gasteiger partial charge in [0.1, 0.15) is 5.82 Å². The number of hydrogen-bond acceptors (Lipinski definition) is 3. The fourth-order valence-electron chi connectivity index (χ4n) is 3.24. The fraction of sp³-hybridized carbons (Fsp3) is 0.150. The van der Waals surface area contributed by atoms with Crippen LogP contribution in [0.1, 0.15) is 23.0 Å². The highest BCUT2D eigenvalue weighted by atomic mass is 19.1. The molecule has 27 heavy (non-hydrogen) atoms. The molecule has 3 aromatic rings. The maximum atomic E-state index is 13.1. The van der Waals surface area contributed by atoms with Crippen molar-refractivity contribution in [1.29, 1.82) is 0 Å². The second kappa shape index (κ2) is 6.68. The van der Waals surface area contributed by atoms with Crippen LogP contribution < -0.4 is 10.2 Å². The molecule has 0 spiro atoms. The minimum Gasteiger partial charge on any atom is -0.319 e. The molecule has 136 valence electrons. The first-order chi connectivity index (χ1) is 13.0. The lowest BCUT2D eigenvalue weighted by atomic mass is 10.1. The lowest BCUT2D eigenvalue weighted by molar-refractivity contribution is -0.116. The molecule has 0 fully saturated rings. The monoisotopic (exact) mass is 364 g/mol. The van der Waals surface area contributed by atoms with Crippen LogP contribution in [-0.2, 0) is 11.2 Å². The molecule has 4 rings (SSSR count). The zero-order valence-corrected chi connectivity index (χ0v) is 14.6. The van der Waals surface area contributed by atoms with Gasteiger partial charge in [0.15, 0.2) is 5.69 Å². The Bertz CT molecular complexity index is 1030. The highest BCUT2D eigenvalue weighted by molar-refractivity contribution is 6.07. The van der Waals surface area contributed by atoms with Crippen molar-refractivity contribution in [3.8, 4) is 5.69 Å². The molecule has 1 aliphatic heterocycles. The third-order valence-electron chi connectivity index (χ3n) is 4.54. The van der Waals surface area contributed by atoms with Crippen LogP contribution in [-0.4, -0.2) is 28.1 Å². The predicted octanol–water partition coefficient (Wildman–Crippen LogP) is 3.17. The summed E-state index contributed by atoms with van der Waals surface area (Å²) in [5.74, 6) is -0.771. The number of anilines is 2. The van der Waals surface area contributed by atoms with E-state index in [0.717, 1.165) is 17.7 Å². The number of halogens is 1. The van der Waals surface area contributed by atoms with Gasteiger partial charge in [-0.15, -0.1) is 0 Å². The van der Waals surface area contributed by atoms with Crippen LogP contribution in [0.4, 0.5) is 15.8 Å². The third kappa shape index (κ3) is 3.19. The number of nitrogens with one attached hydrogen (secondary N) is 1. The van der Waals surface area contributed by atoms with Gasteiger partial charge < -0.3 is 10.2 Å². The summed E-state index contributed by atoms with van der Waals surface area (Å²) < 4.78 is 14.6. The normalized spacial score (nSPS) is 12.7. The Hall–Kier alpha value is -3.48. The molecule has 1 aromatic heterocycles. The first-order valence-electron chi connectivity index (χ1n) is 8.56. The molecular weight excluding hydrogens is 347 g/mol. The molecule has 0 aliphatic carbocycles. The van der Waals surface area contributed by atoms with Crippen molar-refractivity contribution >= 4 is 23.2 Å². The molecule has 0 bridgehead atoms. The fourth-order valence-corrected chi connectivity index (χ4v) is 3.24. The average molecular weight is 364 g/mol. The van der Waals surface area contributed by atoms with E-state index in [1.807, 2.05) is 12.1 Å². The third-order valence-corrected chi connectivity index (χ3v) is 4.54. The second-order valence-corrected chi connectivity index (χ2v) is 6.31. The summed E-state index contributed by atoms with van der Waals surface area (Å²) in [6, 6.07) is 13.0. The molecule has 7 heteroatoms. The number of carbonyl (C=O) groups excluding carboxylic acids is 2. The minimum absolute atomic E-state index is 0.0592. The molecule has 0 saturated carbocycles. The first-order valence-corrected chi connectivity index (χ1v) is 8.56.